The molecule has 0 amide bonds. The van der Waals surface area contributed by atoms with Crippen LogP contribution in [0.4, 0.5) is 0 Å². The fourth-order valence-electron chi connectivity index (χ4n) is 2.27. The number of carbonyl (C=O) groups excluding carboxylic acids is 2. The molecule has 0 spiro atoms. The Hall–Kier alpha value is -1.61. The minimum atomic E-state index is -0.302. The molecule has 0 radical (unpaired) electrons. The van der Waals surface area contributed by atoms with E-state index in [0.717, 1.165) is 24.0 Å². The number of halogens is 1. The fourth-order valence-corrected chi connectivity index (χ4v) is 2.39. The Balaban J connectivity index is 2.10. The summed E-state index contributed by atoms with van der Waals surface area (Å²) < 4.78 is 4.61. The van der Waals surface area contributed by atoms with Crippen molar-refractivity contribution >= 4 is 23.4 Å². The molecule has 0 fully saturated rings. The molecule has 2 rings (SSSR count). The summed E-state index contributed by atoms with van der Waals surface area (Å²) in [5, 5.41) is 0.661. The Kier molecular flexibility index (Phi) is 4.38. The maximum absolute atomic E-state index is 12.1. The normalized spacial score (nSPS) is 18.9. The van der Waals surface area contributed by atoms with Crippen molar-refractivity contribution in [2.45, 2.75) is 25.2 Å². The van der Waals surface area contributed by atoms with E-state index in [1.165, 1.54) is 7.11 Å². The molecule has 0 N–H and O–H groups in total. The lowest BCUT2D eigenvalue weighted by Gasteiger charge is -2.20. The Morgan fingerprint density at radius 1 is 1.37 bits per heavy atom. The van der Waals surface area contributed by atoms with Gasteiger partial charge in [-0.2, -0.15) is 0 Å². The van der Waals surface area contributed by atoms with Gasteiger partial charge in [0.1, 0.15) is 0 Å². The summed E-state index contributed by atoms with van der Waals surface area (Å²) in [6, 6.07) is 7.34. The molecule has 1 aliphatic carbocycles. The lowest BCUT2D eigenvalue weighted by Crippen LogP contribution is -2.17. The average molecular weight is 279 g/mol. The molecule has 1 aromatic rings. The highest BCUT2D eigenvalue weighted by molar-refractivity contribution is 6.30. The fraction of sp³-hybridized carbons (Fsp3) is 0.333. The van der Waals surface area contributed by atoms with Crippen LogP contribution in [0.3, 0.4) is 0 Å². The number of hydrogen-bond donors (Lipinski definition) is 0. The van der Waals surface area contributed by atoms with E-state index in [1.54, 1.807) is 18.2 Å². The number of esters is 1. The topological polar surface area (TPSA) is 43.4 Å². The number of carbonyl (C=O) groups is 2. The van der Waals surface area contributed by atoms with E-state index in [9.17, 15) is 9.59 Å². The van der Waals surface area contributed by atoms with Crippen LogP contribution in [-0.2, 0) is 14.3 Å². The SMILES string of the molecule is COC(=O)CC1=CC(=O)[C@@H](c2ccc(Cl)cc2)CC1. The third kappa shape index (κ3) is 3.44. The van der Waals surface area contributed by atoms with Crippen molar-refractivity contribution in [3.63, 3.8) is 0 Å². The van der Waals surface area contributed by atoms with Crippen molar-refractivity contribution < 1.29 is 14.3 Å². The second kappa shape index (κ2) is 6.02. The van der Waals surface area contributed by atoms with Gasteiger partial charge < -0.3 is 4.74 Å². The second-order valence-electron chi connectivity index (χ2n) is 4.60. The van der Waals surface area contributed by atoms with Crippen molar-refractivity contribution in [2.24, 2.45) is 0 Å². The van der Waals surface area contributed by atoms with E-state index in [1.807, 2.05) is 12.1 Å². The van der Waals surface area contributed by atoms with E-state index in [2.05, 4.69) is 4.74 Å². The predicted octanol–water partition coefficient (Wildman–Crippen LogP) is 3.28. The van der Waals surface area contributed by atoms with Gasteiger partial charge in [0.2, 0.25) is 0 Å². The standard InChI is InChI=1S/C15H15ClO3/c1-19-15(18)9-10-2-7-13(14(17)8-10)11-3-5-12(16)6-4-11/h3-6,8,13H,2,7,9H2,1H3/t13-/m1/s1. The predicted molar refractivity (Wildman–Crippen MR) is 73.2 cm³/mol. The molecule has 0 aliphatic heterocycles. The van der Waals surface area contributed by atoms with Crippen LogP contribution in [0.1, 0.15) is 30.7 Å². The van der Waals surface area contributed by atoms with Gasteiger partial charge in [-0.25, -0.2) is 0 Å². The number of allylic oxidation sites excluding steroid dienone is 1. The van der Waals surface area contributed by atoms with Crippen molar-refractivity contribution in [3.8, 4) is 0 Å². The monoisotopic (exact) mass is 278 g/mol. The lowest BCUT2D eigenvalue weighted by atomic mass is 9.83. The molecule has 0 unspecified atom stereocenters. The van der Waals surface area contributed by atoms with Gasteiger partial charge in [-0.1, -0.05) is 29.3 Å². The van der Waals surface area contributed by atoms with Crippen LogP contribution in [0.2, 0.25) is 5.02 Å². The Bertz CT molecular complexity index is 517. The van der Waals surface area contributed by atoms with E-state index >= 15 is 0 Å². The van der Waals surface area contributed by atoms with Gasteiger partial charge in [-0.15, -0.1) is 0 Å². The maximum atomic E-state index is 12.1. The smallest absolute Gasteiger partial charge is 0.309 e. The van der Waals surface area contributed by atoms with Crippen molar-refractivity contribution in [1.29, 1.82) is 0 Å². The molecule has 1 atom stereocenters. The molecule has 3 nitrogen and oxygen atoms in total. The summed E-state index contributed by atoms with van der Waals surface area (Å²) in [4.78, 5) is 23.3. The number of ketones is 1. The zero-order valence-electron chi connectivity index (χ0n) is 10.7. The van der Waals surface area contributed by atoms with Crippen LogP contribution >= 0.6 is 11.6 Å². The van der Waals surface area contributed by atoms with Crippen molar-refractivity contribution in [3.05, 3.63) is 46.5 Å². The molecule has 0 saturated heterocycles. The van der Waals surface area contributed by atoms with Crippen LogP contribution in [0.5, 0.6) is 0 Å². The summed E-state index contributed by atoms with van der Waals surface area (Å²) in [5.74, 6) is -0.380. The van der Waals surface area contributed by atoms with Gasteiger partial charge in [0.05, 0.1) is 13.5 Å². The first-order valence-electron chi connectivity index (χ1n) is 6.15. The molecule has 1 aromatic carbocycles. The lowest BCUT2D eigenvalue weighted by molar-refractivity contribution is -0.139. The first-order valence-corrected chi connectivity index (χ1v) is 6.53. The minimum Gasteiger partial charge on any atom is -0.469 e. The highest BCUT2D eigenvalue weighted by atomic mass is 35.5. The summed E-state index contributed by atoms with van der Waals surface area (Å²) in [5.41, 5.74) is 1.82. The maximum Gasteiger partial charge on any atom is 0.309 e. The van der Waals surface area contributed by atoms with Crippen LogP contribution in [0, 0.1) is 0 Å². The third-order valence-corrected chi connectivity index (χ3v) is 3.57. The molecule has 0 heterocycles. The first kappa shape index (κ1) is 13.8. The van der Waals surface area contributed by atoms with Gasteiger partial charge in [0.25, 0.3) is 0 Å². The number of methoxy groups -OCH3 is 1. The zero-order chi connectivity index (χ0) is 13.8. The number of rotatable bonds is 3. The van der Waals surface area contributed by atoms with E-state index in [4.69, 9.17) is 11.6 Å². The molecule has 0 bridgehead atoms. The highest BCUT2D eigenvalue weighted by Crippen LogP contribution is 2.31. The van der Waals surface area contributed by atoms with Crippen molar-refractivity contribution in [1.82, 2.24) is 0 Å². The van der Waals surface area contributed by atoms with E-state index in [0.29, 0.717) is 5.02 Å². The second-order valence-corrected chi connectivity index (χ2v) is 5.04. The Labute approximate surface area is 117 Å². The molecule has 100 valence electrons. The third-order valence-electron chi connectivity index (χ3n) is 3.32. The van der Waals surface area contributed by atoms with E-state index < -0.39 is 0 Å². The zero-order valence-corrected chi connectivity index (χ0v) is 11.4. The summed E-state index contributed by atoms with van der Waals surface area (Å²) >= 11 is 5.84. The summed E-state index contributed by atoms with van der Waals surface area (Å²) in [6.07, 6.45) is 3.26. The molecule has 0 aromatic heterocycles. The molecular formula is C15H15ClO3. The van der Waals surface area contributed by atoms with Crippen LogP contribution < -0.4 is 0 Å². The highest BCUT2D eigenvalue weighted by Gasteiger charge is 2.24. The van der Waals surface area contributed by atoms with E-state index in [-0.39, 0.29) is 24.1 Å². The van der Waals surface area contributed by atoms with Gasteiger partial charge in [-0.3, -0.25) is 9.59 Å². The molecular weight excluding hydrogens is 264 g/mol. The largest absolute Gasteiger partial charge is 0.469 e. The average Bonchev–Trinajstić information content (AvgIpc) is 2.40. The molecule has 0 saturated carbocycles. The number of benzene rings is 1. The van der Waals surface area contributed by atoms with Gasteiger partial charge in [-0.05, 0) is 36.6 Å². The van der Waals surface area contributed by atoms with Gasteiger partial charge in [0.15, 0.2) is 5.78 Å². The molecule has 4 heteroatoms. The molecule has 1 aliphatic rings. The van der Waals surface area contributed by atoms with Crippen LogP contribution in [0.25, 0.3) is 0 Å². The van der Waals surface area contributed by atoms with Crippen LogP contribution in [-0.4, -0.2) is 18.9 Å². The minimum absolute atomic E-state index is 0.0486. The number of hydrogen-bond acceptors (Lipinski definition) is 3. The Morgan fingerprint density at radius 2 is 2.05 bits per heavy atom. The van der Waals surface area contributed by atoms with Gasteiger partial charge in [0, 0.05) is 10.9 Å². The molecule has 19 heavy (non-hydrogen) atoms. The quantitative estimate of drug-likeness (QED) is 0.797. The summed E-state index contributed by atoms with van der Waals surface area (Å²) in [6.45, 7) is 0. The summed E-state index contributed by atoms with van der Waals surface area (Å²) in [7, 11) is 1.35. The van der Waals surface area contributed by atoms with Crippen LogP contribution in [0.15, 0.2) is 35.9 Å². The number of ether oxygens (including phenoxy) is 1. The van der Waals surface area contributed by atoms with Crippen molar-refractivity contribution in [2.75, 3.05) is 7.11 Å². The van der Waals surface area contributed by atoms with Gasteiger partial charge >= 0.3 is 5.97 Å². The Morgan fingerprint density at radius 3 is 2.63 bits per heavy atom. The first-order chi connectivity index (χ1) is 9.10.